The lowest BCUT2D eigenvalue weighted by Crippen LogP contribution is -2.53. The Morgan fingerprint density at radius 1 is 1.25 bits per heavy atom. The van der Waals surface area contributed by atoms with E-state index in [1.807, 2.05) is 19.9 Å². The van der Waals surface area contributed by atoms with Gasteiger partial charge in [0.1, 0.15) is 0 Å². The zero-order valence-electron chi connectivity index (χ0n) is 14.2. The fourth-order valence-electron chi connectivity index (χ4n) is 4.50. The van der Waals surface area contributed by atoms with Crippen LogP contribution < -0.4 is 11.1 Å². The standard InChI is InChI=1S/C17H24N6O/c1-9-6-10(2)23-17(19-9)21-15(22-23)16(24)20-14-11-4-3-5-12(14)8-13(18)7-11/h6,11-14H,3-5,7-8,18H2,1-2H3,(H,20,24). The number of aromatic nitrogens is 4. The van der Waals surface area contributed by atoms with Crippen molar-refractivity contribution in [1.82, 2.24) is 24.9 Å². The van der Waals surface area contributed by atoms with Crippen LogP contribution in [0.15, 0.2) is 6.07 Å². The number of amides is 1. The molecule has 7 heteroatoms. The second-order valence-corrected chi connectivity index (χ2v) is 7.37. The molecule has 2 aliphatic carbocycles. The molecule has 128 valence electrons. The molecule has 2 unspecified atom stereocenters. The van der Waals surface area contributed by atoms with Crippen molar-refractivity contribution in [2.24, 2.45) is 17.6 Å². The molecular weight excluding hydrogens is 304 g/mol. The Morgan fingerprint density at radius 3 is 2.67 bits per heavy atom. The molecule has 0 aromatic carbocycles. The van der Waals surface area contributed by atoms with Gasteiger partial charge in [-0.3, -0.25) is 4.79 Å². The number of nitrogens with one attached hydrogen (secondary N) is 1. The highest BCUT2D eigenvalue weighted by Crippen LogP contribution is 2.39. The number of nitrogens with zero attached hydrogens (tertiary/aromatic N) is 4. The SMILES string of the molecule is Cc1cc(C)n2nc(C(=O)NC3C4CCCC3CC(N)C4)nc2n1. The molecule has 2 saturated carbocycles. The van der Waals surface area contributed by atoms with Crippen molar-refractivity contribution < 1.29 is 4.79 Å². The van der Waals surface area contributed by atoms with Crippen LogP contribution in [0.4, 0.5) is 0 Å². The van der Waals surface area contributed by atoms with E-state index < -0.39 is 0 Å². The lowest BCUT2D eigenvalue weighted by atomic mass is 9.67. The molecule has 24 heavy (non-hydrogen) atoms. The van der Waals surface area contributed by atoms with Crippen molar-refractivity contribution >= 4 is 11.7 Å². The summed E-state index contributed by atoms with van der Waals surface area (Å²) in [7, 11) is 0. The maximum absolute atomic E-state index is 12.7. The average molecular weight is 328 g/mol. The number of carbonyl (C=O) groups excluding carboxylic acids is 1. The summed E-state index contributed by atoms with van der Waals surface area (Å²) < 4.78 is 1.62. The predicted octanol–water partition coefficient (Wildman–Crippen LogP) is 1.38. The maximum Gasteiger partial charge on any atom is 0.291 e. The van der Waals surface area contributed by atoms with E-state index in [-0.39, 0.29) is 23.8 Å². The van der Waals surface area contributed by atoms with Crippen molar-refractivity contribution in [2.75, 3.05) is 0 Å². The summed E-state index contributed by atoms with van der Waals surface area (Å²) in [5.41, 5.74) is 7.95. The second-order valence-electron chi connectivity index (χ2n) is 7.37. The first kappa shape index (κ1) is 15.5. The minimum absolute atomic E-state index is 0.198. The number of fused-ring (bicyclic) bond motifs is 3. The maximum atomic E-state index is 12.7. The van der Waals surface area contributed by atoms with Gasteiger partial charge in [0.2, 0.25) is 5.82 Å². The molecule has 2 aromatic heterocycles. The molecular formula is C17H24N6O. The topological polar surface area (TPSA) is 98.2 Å². The summed E-state index contributed by atoms with van der Waals surface area (Å²) in [6, 6.07) is 2.40. The van der Waals surface area contributed by atoms with Gasteiger partial charge >= 0.3 is 0 Å². The Labute approximate surface area is 141 Å². The fourth-order valence-corrected chi connectivity index (χ4v) is 4.50. The second kappa shape index (κ2) is 5.81. The molecule has 0 radical (unpaired) electrons. The number of nitrogens with two attached hydrogens (primary N) is 1. The van der Waals surface area contributed by atoms with E-state index >= 15 is 0 Å². The summed E-state index contributed by atoms with van der Waals surface area (Å²) in [5, 5.41) is 7.53. The van der Waals surface area contributed by atoms with E-state index in [1.165, 1.54) is 6.42 Å². The Hall–Kier alpha value is -2.02. The van der Waals surface area contributed by atoms with Crippen molar-refractivity contribution in [3.63, 3.8) is 0 Å². The molecule has 3 N–H and O–H groups in total. The van der Waals surface area contributed by atoms with Crippen LogP contribution in [0.1, 0.15) is 54.1 Å². The van der Waals surface area contributed by atoms with Crippen molar-refractivity contribution in [2.45, 2.75) is 58.0 Å². The number of carbonyl (C=O) groups is 1. The predicted molar refractivity (Wildman–Crippen MR) is 89.6 cm³/mol. The van der Waals surface area contributed by atoms with E-state index in [0.717, 1.165) is 37.1 Å². The van der Waals surface area contributed by atoms with Crippen LogP contribution in [-0.2, 0) is 0 Å². The van der Waals surface area contributed by atoms with Crippen molar-refractivity contribution in [3.05, 3.63) is 23.3 Å². The molecule has 2 aromatic rings. The average Bonchev–Trinajstić information content (AvgIpc) is 2.92. The Kier molecular flexibility index (Phi) is 3.75. The lowest BCUT2D eigenvalue weighted by Gasteiger charge is -2.45. The number of rotatable bonds is 2. The van der Waals surface area contributed by atoms with Crippen LogP contribution >= 0.6 is 0 Å². The molecule has 0 saturated heterocycles. The van der Waals surface area contributed by atoms with E-state index in [1.54, 1.807) is 4.52 Å². The molecule has 2 fully saturated rings. The monoisotopic (exact) mass is 328 g/mol. The smallest absolute Gasteiger partial charge is 0.291 e. The van der Waals surface area contributed by atoms with Crippen LogP contribution in [0, 0.1) is 25.7 Å². The van der Waals surface area contributed by atoms with Crippen molar-refractivity contribution in [3.8, 4) is 0 Å². The molecule has 2 bridgehead atoms. The van der Waals surface area contributed by atoms with E-state index in [9.17, 15) is 4.79 Å². The van der Waals surface area contributed by atoms with Gasteiger partial charge in [-0.15, -0.1) is 5.10 Å². The molecule has 7 nitrogen and oxygen atoms in total. The molecule has 2 aliphatic rings. The zero-order valence-corrected chi connectivity index (χ0v) is 14.2. The van der Waals surface area contributed by atoms with Gasteiger partial charge in [-0.1, -0.05) is 6.42 Å². The molecule has 4 rings (SSSR count). The van der Waals surface area contributed by atoms with Gasteiger partial charge in [0.05, 0.1) is 0 Å². The third-order valence-corrected chi connectivity index (χ3v) is 5.50. The highest BCUT2D eigenvalue weighted by molar-refractivity contribution is 5.91. The van der Waals surface area contributed by atoms with Crippen LogP contribution in [0.3, 0.4) is 0 Å². The number of hydrogen-bond acceptors (Lipinski definition) is 5. The zero-order chi connectivity index (χ0) is 16.8. The molecule has 0 aliphatic heterocycles. The molecule has 0 spiro atoms. The quantitative estimate of drug-likeness (QED) is 0.868. The van der Waals surface area contributed by atoms with Gasteiger partial charge in [0.25, 0.3) is 11.7 Å². The summed E-state index contributed by atoms with van der Waals surface area (Å²) in [4.78, 5) is 21.3. The van der Waals surface area contributed by atoms with Crippen LogP contribution in [-0.4, -0.2) is 37.6 Å². The number of aryl methyl sites for hydroxylation is 2. The molecule has 2 heterocycles. The van der Waals surface area contributed by atoms with Gasteiger partial charge < -0.3 is 11.1 Å². The van der Waals surface area contributed by atoms with Gasteiger partial charge in [-0.05, 0) is 57.4 Å². The summed E-state index contributed by atoms with van der Waals surface area (Å²) in [6.07, 6.45) is 5.53. The van der Waals surface area contributed by atoms with Crippen LogP contribution in [0.5, 0.6) is 0 Å². The molecule has 2 atom stereocenters. The van der Waals surface area contributed by atoms with E-state index in [4.69, 9.17) is 5.73 Å². The van der Waals surface area contributed by atoms with Crippen LogP contribution in [0.25, 0.3) is 5.78 Å². The Bertz CT molecular complexity index is 771. The number of hydrogen-bond donors (Lipinski definition) is 2. The summed E-state index contributed by atoms with van der Waals surface area (Å²) in [5.74, 6) is 1.44. The minimum atomic E-state index is -0.199. The van der Waals surface area contributed by atoms with Gasteiger partial charge in [-0.2, -0.15) is 4.98 Å². The van der Waals surface area contributed by atoms with Gasteiger partial charge in [0, 0.05) is 23.5 Å². The van der Waals surface area contributed by atoms with Crippen molar-refractivity contribution in [1.29, 1.82) is 0 Å². The highest BCUT2D eigenvalue weighted by Gasteiger charge is 2.40. The minimum Gasteiger partial charge on any atom is -0.346 e. The molecule has 1 amide bonds. The van der Waals surface area contributed by atoms with E-state index in [0.29, 0.717) is 17.6 Å². The van der Waals surface area contributed by atoms with Crippen LogP contribution in [0.2, 0.25) is 0 Å². The summed E-state index contributed by atoms with van der Waals surface area (Å²) in [6.45, 7) is 3.85. The normalized spacial score (nSPS) is 29.6. The largest absolute Gasteiger partial charge is 0.346 e. The first-order valence-electron chi connectivity index (χ1n) is 8.78. The third kappa shape index (κ3) is 2.66. The van der Waals surface area contributed by atoms with Gasteiger partial charge in [-0.25, -0.2) is 9.50 Å². The third-order valence-electron chi connectivity index (χ3n) is 5.50. The highest BCUT2D eigenvalue weighted by atomic mass is 16.2. The summed E-state index contributed by atoms with van der Waals surface area (Å²) >= 11 is 0. The fraction of sp³-hybridized carbons (Fsp3) is 0.647. The first-order chi connectivity index (χ1) is 11.5. The Balaban J connectivity index is 1.57. The lowest BCUT2D eigenvalue weighted by molar-refractivity contribution is 0.0747. The first-order valence-corrected chi connectivity index (χ1v) is 8.78. The van der Waals surface area contributed by atoms with E-state index in [2.05, 4.69) is 20.4 Å². The van der Waals surface area contributed by atoms with Gasteiger partial charge in [0.15, 0.2) is 0 Å². The Morgan fingerprint density at radius 2 is 1.96 bits per heavy atom.